The monoisotopic (exact) mass is 580 g/mol. The van der Waals surface area contributed by atoms with Crippen LogP contribution in [0.4, 0.5) is 0 Å². The third kappa shape index (κ3) is 4.24. The molecule has 9 aromatic rings. The molecule has 1 heterocycles. The Labute approximate surface area is 272 Å². The Morgan fingerprint density at radius 3 is 1.38 bits per heavy atom. The Hall–Kier alpha value is -5.92. The molecular weight excluding hydrogens is 544 g/mol. The zero-order valence-corrected chi connectivity index (χ0v) is 24.0. The fourth-order valence-electron chi connectivity index (χ4n) is 6.40. The molecule has 0 aliphatic carbocycles. The van der Waals surface area contributed by atoms with E-state index in [-0.39, 0.29) is 45.7 Å². The van der Waals surface area contributed by atoms with Gasteiger partial charge < -0.3 is 4.42 Å². The molecule has 0 amide bonds. The molecule has 210 valence electrons. The summed E-state index contributed by atoms with van der Waals surface area (Å²) in [7, 11) is 0. The maximum Gasteiger partial charge on any atom is 0.136 e. The second-order valence-electron chi connectivity index (χ2n) is 11.1. The molecule has 1 nitrogen and oxygen atoms in total. The third-order valence-electron chi connectivity index (χ3n) is 8.52. The normalized spacial score (nSPS) is 14.0. The van der Waals surface area contributed by atoms with Crippen LogP contribution in [0.25, 0.3) is 88.0 Å². The molecule has 45 heavy (non-hydrogen) atoms. The van der Waals surface area contributed by atoms with Gasteiger partial charge in [-0.2, -0.15) is 0 Å². The summed E-state index contributed by atoms with van der Waals surface area (Å²) in [5.41, 5.74) is 7.38. The Morgan fingerprint density at radius 2 is 0.778 bits per heavy atom. The summed E-state index contributed by atoms with van der Waals surface area (Å²) in [6.45, 7) is 0. The van der Waals surface area contributed by atoms with E-state index in [4.69, 9.17) is 15.4 Å². The van der Waals surface area contributed by atoms with E-state index in [2.05, 4.69) is 36.4 Å². The quantitative estimate of drug-likeness (QED) is 0.189. The van der Waals surface area contributed by atoms with Crippen LogP contribution in [-0.4, -0.2) is 0 Å². The highest BCUT2D eigenvalue weighted by Crippen LogP contribution is 2.44. The smallest absolute Gasteiger partial charge is 0.136 e. The number of fused-ring (bicyclic) bond motifs is 5. The second-order valence-corrected chi connectivity index (χ2v) is 11.1. The van der Waals surface area contributed by atoms with Gasteiger partial charge in [-0.25, -0.2) is 0 Å². The van der Waals surface area contributed by atoms with E-state index >= 15 is 0 Å². The van der Waals surface area contributed by atoms with Crippen LogP contribution in [0, 0.1) is 0 Å². The summed E-state index contributed by atoms with van der Waals surface area (Å²) in [6.07, 6.45) is 0. The van der Waals surface area contributed by atoms with Gasteiger partial charge in [0.1, 0.15) is 11.2 Å². The van der Waals surface area contributed by atoms with Gasteiger partial charge in [-0.05, 0) is 90.3 Å². The zero-order chi connectivity index (χ0) is 36.7. The van der Waals surface area contributed by atoms with Crippen molar-refractivity contribution in [2.24, 2.45) is 0 Å². The van der Waals surface area contributed by atoms with E-state index in [9.17, 15) is 0 Å². The Morgan fingerprint density at radius 1 is 0.333 bits per heavy atom. The van der Waals surface area contributed by atoms with Gasteiger partial charge >= 0.3 is 0 Å². The van der Waals surface area contributed by atoms with Gasteiger partial charge in [0.2, 0.25) is 0 Å². The molecule has 0 fully saturated rings. The van der Waals surface area contributed by atoms with Crippen molar-refractivity contribution in [2.75, 3.05) is 0 Å². The van der Waals surface area contributed by atoms with Crippen LogP contribution in [0.15, 0.2) is 174 Å². The van der Waals surface area contributed by atoms with Crippen LogP contribution >= 0.6 is 0 Å². The first-order chi connectivity index (χ1) is 25.6. The molecule has 0 spiro atoms. The predicted octanol–water partition coefficient (Wildman–Crippen LogP) is 12.6. The fraction of sp³-hybridized carbons (Fsp3) is 0. The summed E-state index contributed by atoms with van der Waals surface area (Å²) < 4.78 is 77.2. The lowest BCUT2D eigenvalue weighted by Gasteiger charge is -2.18. The standard InChI is InChI=1S/C44H28O/c1-3-11-29(12-4-1)34-23-25-35-40-27-33(24-26-41(40)45-42(35)28-34)30-19-21-32(22-20-30)44-38-17-9-7-15-36(38)43(31-13-5-2-6-14-31)37-16-8-10-18-39(37)44/h1-28H/i7D,8D,9D,10D,15D,16D,17D,18D. The van der Waals surface area contributed by atoms with E-state index in [1.54, 1.807) is 24.3 Å². The highest BCUT2D eigenvalue weighted by atomic mass is 16.3. The number of benzene rings is 8. The number of hydrogen-bond acceptors (Lipinski definition) is 1. The van der Waals surface area contributed by atoms with Gasteiger partial charge in [0.05, 0.1) is 11.0 Å². The summed E-state index contributed by atoms with van der Waals surface area (Å²) in [6, 6.07) is 36.2. The topological polar surface area (TPSA) is 13.1 Å². The molecule has 0 aliphatic heterocycles. The molecule has 0 atom stereocenters. The maximum atomic E-state index is 9.14. The summed E-state index contributed by atoms with van der Waals surface area (Å²) >= 11 is 0. The highest BCUT2D eigenvalue weighted by Gasteiger charge is 2.16. The van der Waals surface area contributed by atoms with Crippen LogP contribution in [0.3, 0.4) is 0 Å². The van der Waals surface area contributed by atoms with Gasteiger partial charge in [0.25, 0.3) is 0 Å². The molecule has 0 bridgehead atoms. The molecule has 9 rings (SSSR count). The van der Waals surface area contributed by atoms with Crippen molar-refractivity contribution < 1.29 is 15.4 Å². The third-order valence-corrected chi connectivity index (χ3v) is 8.52. The molecule has 1 aromatic heterocycles. The molecule has 8 aromatic carbocycles. The van der Waals surface area contributed by atoms with Gasteiger partial charge in [-0.3, -0.25) is 0 Å². The number of rotatable bonds is 4. The Balaban J connectivity index is 1.27. The van der Waals surface area contributed by atoms with Gasteiger partial charge in [-0.1, -0.05) is 145 Å². The van der Waals surface area contributed by atoms with Crippen LogP contribution < -0.4 is 0 Å². The van der Waals surface area contributed by atoms with E-state index in [0.717, 1.165) is 44.2 Å². The minimum atomic E-state index is -0.420. The van der Waals surface area contributed by atoms with Crippen LogP contribution in [0.2, 0.25) is 0 Å². The second kappa shape index (κ2) is 10.4. The van der Waals surface area contributed by atoms with Crippen LogP contribution in [0.1, 0.15) is 11.0 Å². The summed E-state index contributed by atoms with van der Waals surface area (Å²) in [5, 5.41) is 2.76. The van der Waals surface area contributed by atoms with Gasteiger partial charge in [-0.15, -0.1) is 0 Å². The molecule has 0 saturated heterocycles. The minimum absolute atomic E-state index is 0.196. The first kappa shape index (κ1) is 18.7. The maximum absolute atomic E-state index is 9.14. The van der Waals surface area contributed by atoms with E-state index in [1.807, 2.05) is 60.7 Å². The first-order valence-electron chi connectivity index (χ1n) is 18.8. The van der Waals surface area contributed by atoms with E-state index < -0.39 is 24.2 Å². The van der Waals surface area contributed by atoms with E-state index in [0.29, 0.717) is 22.3 Å². The SMILES string of the molecule is [2H]c1c([2H])c([2H])c2c(-c3ccc(-c4ccc5oc6cc(-c7ccccc7)ccc6c5c4)cc3)c3c([2H])c([2H])c([2H])c([2H])c3c(-c3ccccc3)c2c1[2H]. The van der Waals surface area contributed by atoms with Gasteiger partial charge in [0, 0.05) is 10.8 Å². The molecule has 1 heteroatoms. The largest absolute Gasteiger partial charge is 0.456 e. The van der Waals surface area contributed by atoms with E-state index in [1.165, 1.54) is 0 Å². The molecule has 0 unspecified atom stereocenters. The van der Waals surface area contributed by atoms with Crippen molar-refractivity contribution in [1.82, 2.24) is 0 Å². The average molecular weight is 581 g/mol. The Bertz CT molecular complexity index is 2870. The number of furan rings is 1. The predicted molar refractivity (Wildman–Crippen MR) is 190 cm³/mol. The van der Waals surface area contributed by atoms with Crippen molar-refractivity contribution in [3.8, 4) is 44.5 Å². The van der Waals surface area contributed by atoms with Crippen molar-refractivity contribution in [3.05, 3.63) is 170 Å². The summed E-state index contributed by atoms with van der Waals surface area (Å²) in [4.78, 5) is 0. The van der Waals surface area contributed by atoms with Crippen molar-refractivity contribution in [3.63, 3.8) is 0 Å². The minimum Gasteiger partial charge on any atom is -0.456 e. The molecule has 0 saturated carbocycles. The van der Waals surface area contributed by atoms with Crippen molar-refractivity contribution in [1.29, 1.82) is 0 Å². The molecular formula is C44H28O. The fourth-order valence-corrected chi connectivity index (χ4v) is 6.40. The molecule has 0 N–H and O–H groups in total. The average Bonchev–Trinajstić information content (AvgIpc) is 3.57. The highest BCUT2D eigenvalue weighted by molar-refractivity contribution is 6.21. The van der Waals surface area contributed by atoms with Crippen molar-refractivity contribution in [2.45, 2.75) is 0 Å². The molecule has 0 radical (unpaired) electrons. The number of hydrogen-bond donors (Lipinski definition) is 0. The van der Waals surface area contributed by atoms with Crippen LogP contribution in [0.5, 0.6) is 0 Å². The zero-order valence-electron chi connectivity index (χ0n) is 32.0. The lowest BCUT2D eigenvalue weighted by atomic mass is 9.86. The Kier molecular flexibility index (Phi) is 4.30. The lowest BCUT2D eigenvalue weighted by Crippen LogP contribution is -1.90. The lowest BCUT2D eigenvalue weighted by molar-refractivity contribution is 0.669. The van der Waals surface area contributed by atoms with Crippen LogP contribution in [-0.2, 0) is 0 Å². The van der Waals surface area contributed by atoms with Gasteiger partial charge in [0.15, 0.2) is 0 Å². The first-order valence-corrected chi connectivity index (χ1v) is 14.8. The van der Waals surface area contributed by atoms with Crippen molar-refractivity contribution >= 4 is 43.5 Å². The summed E-state index contributed by atoms with van der Waals surface area (Å²) in [5.74, 6) is 0. The molecule has 0 aliphatic rings.